The van der Waals surface area contributed by atoms with Gasteiger partial charge in [0.15, 0.2) is 5.82 Å². The molecule has 316 valence electrons. The van der Waals surface area contributed by atoms with Crippen molar-refractivity contribution < 1.29 is 0 Å². The number of hydrogen-bond acceptors (Lipinski definition) is 3. The van der Waals surface area contributed by atoms with E-state index in [1.807, 2.05) is 35.6 Å². The van der Waals surface area contributed by atoms with Gasteiger partial charge in [-0.1, -0.05) is 188 Å². The van der Waals surface area contributed by atoms with Gasteiger partial charge in [-0.25, -0.2) is 9.97 Å². The second-order valence-corrected chi connectivity index (χ2v) is 18.8. The highest BCUT2D eigenvalue weighted by Gasteiger charge is 2.20. The fraction of sp³-hybridized carbons (Fsp3) is 0. The standard InChI is InChI=1S/C64H39N3S/c1-3-14-40(15-4-1)56-39-57(66-64(65-56)41-16-5-2-6-17-41)49-23-11-21-45(36-49)42-18-9-19-43(34-42)46-30-32-51-53-26-12-27-54-52-33-31-47(38-59(52)67(63(53)54)58(51)37-46)44-20-10-22-48(35-44)50-25-13-29-61-62(50)55-24-7-8-28-60(55)68-61/h1-39H. The van der Waals surface area contributed by atoms with Crippen LogP contribution < -0.4 is 0 Å². The second-order valence-electron chi connectivity index (χ2n) is 17.7. The van der Waals surface area contributed by atoms with E-state index in [4.69, 9.17) is 9.97 Å². The summed E-state index contributed by atoms with van der Waals surface area (Å²) in [4.78, 5) is 10.1. The number of fused-ring (bicyclic) bond motifs is 9. The lowest BCUT2D eigenvalue weighted by molar-refractivity contribution is 1.18. The molecule has 0 spiro atoms. The van der Waals surface area contributed by atoms with Crippen LogP contribution in [0.3, 0.4) is 0 Å². The van der Waals surface area contributed by atoms with Crippen LogP contribution in [0.2, 0.25) is 0 Å². The average Bonchev–Trinajstić information content (AvgIpc) is 4.08. The fourth-order valence-electron chi connectivity index (χ4n) is 10.5. The summed E-state index contributed by atoms with van der Waals surface area (Å²) >= 11 is 1.87. The Kier molecular flexibility index (Phi) is 8.76. The van der Waals surface area contributed by atoms with E-state index < -0.39 is 0 Å². The van der Waals surface area contributed by atoms with E-state index in [0.717, 1.165) is 39.2 Å². The summed E-state index contributed by atoms with van der Waals surface area (Å²) in [5.41, 5.74) is 18.2. The van der Waals surface area contributed by atoms with Gasteiger partial charge in [0, 0.05) is 58.4 Å². The van der Waals surface area contributed by atoms with Crippen LogP contribution in [0.1, 0.15) is 0 Å². The van der Waals surface area contributed by atoms with Crippen molar-refractivity contribution in [2.75, 3.05) is 0 Å². The molecule has 0 radical (unpaired) electrons. The third kappa shape index (κ3) is 6.26. The minimum Gasteiger partial charge on any atom is -0.308 e. The first kappa shape index (κ1) is 38.6. The van der Waals surface area contributed by atoms with Crippen LogP contribution in [0.4, 0.5) is 0 Å². The Labute approximate surface area is 396 Å². The fourth-order valence-corrected chi connectivity index (χ4v) is 11.7. The highest BCUT2D eigenvalue weighted by atomic mass is 32.1. The van der Waals surface area contributed by atoms with Crippen molar-refractivity contribution in [2.24, 2.45) is 0 Å². The smallest absolute Gasteiger partial charge is 0.160 e. The molecule has 3 nitrogen and oxygen atoms in total. The highest BCUT2D eigenvalue weighted by Crippen LogP contribution is 2.44. The maximum atomic E-state index is 5.13. The van der Waals surface area contributed by atoms with Crippen LogP contribution in [0.5, 0.6) is 0 Å². The molecule has 0 bridgehead atoms. The van der Waals surface area contributed by atoms with Gasteiger partial charge in [-0.2, -0.15) is 0 Å². The number of para-hydroxylation sites is 1. The van der Waals surface area contributed by atoms with Gasteiger partial charge in [0.1, 0.15) is 0 Å². The Bertz CT molecular complexity index is 4200. The molecule has 4 heteroatoms. The van der Waals surface area contributed by atoms with Gasteiger partial charge in [0.2, 0.25) is 0 Å². The quantitative estimate of drug-likeness (QED) is 0.160. The van der Waals surface area contributed by atoms with Crippen LogP contribution in [0, 0.1) is 0 Å². The highest BCUT2D eigenvalue weighted by molar-refractivity contribution is 7.25. The zero-order valence-corrected chi connectivity index (χ0v) is 37.6. The van der Waals surface area contributed by atoms with Gasteiger partial charge in [0.05, 0.1) is 27.9 Å². The molecule has 0 aliphatic rings. The molecule has 14 aromatic rings. The van der Waals surface area contributed by atoms with Crippen molar-refractivity contribution in [1.82, 2.24) is 14.4 Å². The molecule has 0 N–H and O–H groups in total. The molecule has 68 heavy (non-hydrogen) atoms. The Balaban J connectivity index is 0.858. The summed E-state index contributed by atoms with van der Waals surface area (Å²) in [6, 6.07) is 85.7. The van der Waals surface area contributed by atoms with E-state index >= 15 is 0 Å². The van der Waals surface area contributed by atoms with E-state index in [2.05, 4.69) is 217 Å². The Morgan fingerprint density at radius 1 is 0.294 bits per heavy atom. The summed E-state index contributed by atoms with van der Waals surface area (Å²) in [6.07, 6.45) is 0. The van der Waals surface area contributed by atoms with E-state index in [9.17, 15) is 0 Å². The summed E-state index contributed by atoms with van der Waals surface area (Å²) in [5, 5.41) is 7.75. The molecule has 0 unspecified atom stereocenters. The summed E-state index contributed by atoms with van der Waals surface area (Å²) in [5.74, 6) is 0.711. The van der Waals surface area contributed by atoms with Gasteiger partial charge in [-0.3, -0.25) is 0 Å². The minimum absolute atomic E-state index is 0.711. The number of aromatic nitrogens is 3. The topological polar surface area (TPSA) is 30.2 Å². The SMILES string of the molecule is c1ccc(-c2cc(-c3cccc(-c4cccc(-c5ccc6c7cccc8c9ccc(-c%10cccc(-c%11cccc%12sc%13ccccc%13c%11%12)c%10)cc9n(c6c5)c78)c4)c3)nc(-c3ccccc3)n2)cc1. The van der Waals surface area contributed by atoms with E-state index in [1.165, 1.54) is 91.6 Å². The molecular formula is C64H39N3S. The van der Waals surface area contributed by atoms with Crippen LogP contribution in [-0.4, -0.2) is 14.4 Å². The van der Waals surface area contributed by atoms with Crippen LogP contribution in [0.25, 0.3) is 137 Å². The lowest BCUT2D eigenvalue weighted by atomic mass is 9.95. The molecule has 0 atom stereocenters. The van der Waals surface area contributed by atoms with Crippen molar-refractivity contribution in [2.45, 2.75) is 0 Å². The van der Waals surface area contributed by atoms with Crippen LogP contribution >= 0.6 is 11.3 Å². The Morgan fingerprint density at radius 3 is 1.41 bits per heavy atom. The van der Waals surface area contributed by atoms with Crippen molar-refractivity contribution in [3.05, 3.63) is 237 Å². The first-order chi connectivity index (χ1) is 33.7. The molecule has 0 aliphatic heterocycles. The first-order valence-corrected chi connectivity index (χ1v) is 23.9. The van der Waals surface area contributed by atoms with E-state index in [0.29, 0.717) is 5.82 Å². The third-order valence-electron chi connectivity index (χ3n) is 13.7. The number of thiophene rings is 1. The molecule has 0 aliphatic carbocycles. The molecule has 4 aromatic heterocycles. The molecular weight excluding hydrogens is 843 g/mol. The van der Waals surface area contributed by atoms with Crippen molar-refractivity contribution in [3.8, 4) is 78.4 Å². The Morgan fingerprint density at radius 2 is 0.750 bits per heavy atom. The maximum absolute atomic E-state index is 5.13. The van der Waals surface area contributed by atoms with E-state index in [1.54, 1.807) is 0 Å². The summed E-state index contributed by atoms with van der Waals surface area (Å²) in [7, 11) is 0. The monoisotopic (exact) mass is 881 g/mol. The molecule has 0 saturated carbocycles. The zero-order valence-electron chi connectivity index (χ0n) is 36.8. The largest absolute Gasteiger partial charge is 0.308 e. The van der Waals surface area contributed by atoms with Gasteiger partial charge in [-0.05, 0) is 93.0 Å². The average molecular weight is 882 g/mol. The molecule has 14 rings (SSSR count). The number of benzene rings is 10. The normalized spacial score (nSPS) is 11.8. The molecule has 0 saturated heterocycles. The van der Waals surface area contributed by atoms with Crippen LogP contribution in [-0.2, 0) is 0 Å². The third-order valence-corrected chi connectivity index (χ3v) is 14.9. The van der Waals surface area contributed by atoms with Gasteiger partial charge < -0.3 is 4.40 Å². The first-order valence-electron chi connectivity index (χ1n) is 23.1. The lowest BCUT2D eigenvalue weighted by Gasteiger charge is -2.11. The molecule has 0 fully saturated rings. The van der Waals surface area contributed by atoms with E-state index in [-0.39, 0.29) is 0 Å². The van der Waals surface area contributed by atoms with Crippen molar-refractivity contribution in [1.29, 1.82) is 0 Å². The molecule has 10 aromatic carbocycles. The lowest BCUT2D eigenvalue weighted by Crippen LogP contribution is -1.96. The summed E-state index contributed by atoms with van der Waals surface area (Å²) in [6.45, 7) is 0. The number of hydrogen-bond donors (Lipinski definition) is 0. The minimum atomic E-state index is 0.711. The summed E-state index contributed by atoms with van der Waals surface area (Å²) < 4.78 is 5.15. The van der Waals surface area contributed by atoms with Gasteiger partial charge in [-0.15, -0.1) is 11.3 Å². The van der Waals surface area contributed by atoms with Crippen LogP contribution in [0.15, 0.2) is 237 Å². The Hall–Kier alpha value is -8.70. The van der Waals surface area contributed by atoms with Gasteiger partial charge >= 0.3 is 0 Å². The van der Waals surface area contributed by atoms with Gasteiger partial charge in [0.25, 0.3) is 0 Å². The number of rotatable bonds is 7. The maximum Gasteiger partial charge on any atom is 0.160 e. The zero-order chi connectivity index (χ0) is 44.7. The predicted octanol–water partition coefficient (Wildman–Crippen LogP) is 17.7. The molecule has 0 amide bonds. The van der Waals surface area contributed by atoms with Crippen molar-refractivity contribution in [3.63, 3.8) is 0 Å². The van der Waals surface area contributed by atoms with Crippen molar-refractivity contribution >= 4 is 69.6 Å². The predicted molar refractivity (Wildman–Crippen MR) is 288 cm³/mol. The molecule has 4 heterocycles. The number of nitrogens with zero attached hydrogens (tertiary/aromatic N) is 3. The second kappa shape index (κ2) is 15.5.